The number of aliphatic hydroxyl groups excluding tert-OH is 1. The van der Waals surface area contributed by atoms with Gasteiger partial charge < -0.3 is 15.3 Å². The van der Waals surface area contributed by atoms with Gasteiger partial charge in [-0.2, -0.15) is 18.3 Å². The lowest BCUT2D eigenvalue weighted by Gasteiger charge is -2.20. The molecule has 1 amide bonds. The Morgan fingerprint density at radius 2 is 1.85 bits per heavy atom. The molecule has 6 nitrogen and oxygen atoms in total. The molecule has 1 fully saturated rings. The first-order chi connectivity index (χ1) is 16.2. The summed E-state index contributed by atoms with van der Waals surface area (Å²) < 4.78 is 38.1. The molecule has 1 saturated heterocycles. The molecule has 0 aliphatic carbocycles. The molecule has 0 bridgehead atoms. The number of nitrogens with zero attached hydrogens (tertiary/aromatic N) is 2. The highest BCUT2D eigenvalue weighted by molar-refractivity contribution is 5.94. The molecule has 9 heteroatoms. The van der Waals surface area contributed by atoms with Crippen molar-refractivity contribution >= 4 is 5.91 Å². The molecule has 4 rings (SSSR count). The van der Waals surface area contributed by atoms with E-state index >= 15 is 0 Å². The van der Waals surface area contributed by atoms with E-state index in [1.807, 2.05) is 47.6 Å². The number of benzene rings is 2. The van der Waals surface area contributed by atoms with Crippen LogP contribution in [0.5, 0.6) is 0 Å². The molecule has 1 aliphatic rings. The number of hydrogen-bond donors (Lipinski definition) is 3. The van der Waals surface area contributed by atoms with E-state index in [0.29, 0.717) is 5.56 Å². The van der Waals surface area contributed by atoms with Gasteiger partial charge in [-0.15, -0.1) is 0 Å². The minimum absolute atomic E-state index is 0.00167. The highest BCUT2D eigenvalue weighted by Gasteiger charge is 2.33. The van der Waals surface area contributed by atoms with Crippen molar-refractivity contribution in [1.29, 1.82) is 0 Å². The maximum absolute atomic E-state index is 12.7. The molecule has 2 heterocycles. The summed E-state index contributed by atoms with van der Waals surface area (Å²) in [5.41, 5.74) is 1.62. The van der Waals surface area contributed by atoms with Crippen LogP contribution in [0, 0.1) is 0 Å². The molecule has 3 atom stereocenters. The van der Waals surface area contributed by atoms with E-state index in [-0.39, 0.29) is 30.2 Å². The van der Waals surface area contributed by atoms with Crippen LogP contribution in [0.2, 0.25) is 0 Å². The average Bonchev–Trinajstić information content (AvgIpc) is 3.49. The Hall–Kier alpha value is -3.17. The minimum atomic E-state index is -4.50. The van der Waals surface area contributed by atoms with Crippen LogP contribution in [0.3, 0.4) is 0 Å². The van der Waals surface area contributed by atoms with Crippen molar-refractivity contribution in [3.8, 4) is 0 Å². The third-order valence-electron chi connectivity index (χ3n) is 6.16. The number of aliphatic hydroxyl groups is 1. The summed E-state index contributed by atoms with van der Waals surface area (Å²) in [6.07, 6.45) is -2.45. The minimum Gasteiger partial charge on any atom is -0.387 e. The second kappa shape index (κ2) is 9.99. The molecular weight excluding hydrogens is 445 g/mol. The van der Waals surface area contributed by atoms with Crippen LogP contribution < -0.4 is 5.32 Å². The van der Waals surface area contributed by atoms with E-state index in [4.69, 9.17) is 0 Å². The number of hydrogen-bond acceptors (Lipinski definition) is 4. The zero-order valence-corrected chi connectivity index (χ0v) is 18.7. The van der Waals surface area contributed by atoms with E-state index in [9.17, 15) is 23.1 Å². The number of aromatic amines is 1. The number of nitrogens with one attached hydrogen (secondary N) is 2. The van der Waals surface area contributed by atoms with Gasteiger partial charge in [-0.05, 0) is 48.6 Å². The average molecular weight is 473 g/mol. The molecule has 3 aromatic rings. The quantitative estimate of drug-likeness (QED) is 0.484. The van der Waals surface area contributed by atoms with Crippen LogP contribution in [-0.2, 0) is 19.1 Å². The van der Waals surface area contributed by atoms with Crippen LogP contribution in [0.4, 0.5) is 13.2 Å². The van der Waals surface area contributed by atoms with E-state index in [1.165, 1.54) is 11.9 Å². The number of alkyl halides is 3. The summed E-state index contributed by atoms with van der Waals surface area (Å²) >= 11 is 0. The molecule has 0 spiro atoms. The third kappa shape index (κ3) is 5.66. The van der Waals surface area contributed by atoms with Crippen molar-refractivity contribution in [2.24, 2.45) is 0 Å². The van der Waals surface area contributed by atoms with Crippen molar-refractivity contribution in [3.05, 3.63) is 88.7 Å². The molecule has 3 N–H and O–H groups in total. The maximum Gasteiger partial charge on any atom is 0.432 e. The summed E-state index contributed by atoms with van der Waals surface area (Å²) in [4.78, 5) is 14.0. The number of H-pyrrole nitrogens is 1. The van der Waals surface area contributed by atoms with Gasteiger partial charge in [-0.3, -0.25) is 9.89 Å². The topological polar surface area (TPSA) is 81.2 Å². The van der Waals surface area contributed by atoms with Crippen LogP contribution in [0.15, 0.2) is 60.7 Å². The highest BCUT2D eigenvalue weighted by Crippen LogP contribution is 2.28. The van der Waals surface area contributed by atoms with Gasteiger partial charge >= 0.3 is 6.18 Å². The first-order valence-corrected chi connectivity index (χ1v) is 11.2. The molecule has 2 aromatic carbocycles. The number of rotatable bonds is 7. The van der Waals surface area contributed by atoms with Crippen LogP contribution in [0.1, 0.15) is 51.8 Å². The van der Waals surface area contributed by atoms with Gasteiger partial charge in [0.05, 0.1) is 18.3 Å². The Kier molecular flexibility index (Phi) is 7.04. The Morgan fingerprint density at radius 1 is 1.15 bits per heavy atom. The van der Waals surface area contributed by atoms with Crippen LogP contribution in [0.25, 0.3) is 0 Å². The monoisotopic (exact) mass is 472 g/mol. The number of aromatic nitrogens is 2. The Labute approximate surface area is 195 Å². The number of carbonyl (C=O) groups excluding carboxylic acids is 1. The third-order valence-corrected chi connectivity index (χ3v) is 6.16. The molecular formula is C25H27F3N4O2. The van der Waals surface area contributed by atoms with Crippen molar-refractivity contribution in [1.82, 2.24) is 20.4 Å². The summed E-state index contributed by atoms with van der Waals surface area (Å²) in [6.45, 7) is -0.0374. The van der Waals surface area contributed by atoms with Gasteiger partial charge in [0.1, 0.15) is 5.69 Å². The summed E-state index contributed by atoms with van der Waals surface area (Å²) in [5, 5.41) is 19.8. The van der Waals surface area contributed by atoms with E-state index in [1.54, 1.807) is 12.1 Å². The number of amides is 1. The summed E-state index contributed by atoms with van der Waals surface area (Å²) in [7, 11) is 1.53. The molecule has 1 aromatic heterocycles. The van der Waals surface area contributed by atoms with Gasteiger partial charge in [0.2, 0.25) is 0 Å². The highest BCUT2D eigenvalue weighted by atomic mass is 19.4. The Bertz CT molecular complexity index is 1100. The molecule has 34 heavy (non-hydrogen) atoms. The van der Waals surface area contributed by atoms with Crippen LogP contribution in [-0.4, -0.2) is 45.2 Å². The van der Waals surface area contributed by atoms with Crippen molar-refractivity contribution in [3.63, 3.8) is 0 Å². The van der Waals surface area contributed by atoms with E-state index < -0.39 is 18.0 Å². The predicted octanol–water partition coefficient (Wildman–Crippen LogP) is 4.10. The zero-order valence-electron chi connectivity index (χ0n) is 18.7. The zero-order chi connectivity index (χ0) is 24.3. The Balaban J connectivity index is 1.30. The van der Waals surface area contributed by atoms with Gasteiger partial charge in [0.15, 0.2) is 0 Å². The fraction of sp³-hybridized carbons (Fsp3) is 0.360. The van der Waals surface area contributed by atoms with E-state index in [2.05, 4.69) is 10.4 Å². The van der Waals surface area contributed by atoms with Crippen molar-refractivity contribution in [2.45, 2.75) is 50.2 Å². The molecule has 180 valence electrons. The van der Waals surface area contributed by atoms with Crippen molar-refractivity contribution < 1.29 is 23.1 Å². The normalized spacial score (nSPS) is 19.2. The largest absolute Gasteiger partial charge is 0.432 e. The van der Waals surface area contributed by atoms with Gasteiger partial charge in [-0.25, -0.2) is 0 Å². The second-order valence-electron chi connectivity index (χ2n) is 8.74. The molecule has 1 aliphatic heterocycles. The van der Waals surface area contributed by atoms with Gasteiger partial charge in [0.25, 0.3) is 5.91 Å². The Morgan fingerprint density at radius 3 is 2.50 bits per heavy atom. The summed E-state index contributed by atoms with van der Waals surface area (Å²) in [5.74, 6) is -0.298. The number of halogens is 3. The van der Waals surface area contributed by atoms with Crippen molar-refractivity contribution in [2.75, 3.05) is 7.05 Å². The van der Waals surface area contributed by atoms with Crippen LogP contribution >= 0.6 is 0 Å². The molecule has 0 radical (unpaired) electrons. The first kappa shape index (κ1) is 24.0. The smallest absolute Gasteiger partial charge is 0.387 e. The summed E-state index contributed by atoms with van der Waals surface area (Å²) in [6, 6.07) is 18.0. The fourth-order valence-electron chi connectivity index (χ4n) is 4.34. The van der Waals surface area contributed by atoms with E-state index in [0.717, 1.165) is 36.5 Å². The molecule has 1 unspecified atom stereocenters. The van der Waals surface area contributed by atoms with Gasteiger partial charge in [-0.1, -0.05) is 42.5 Å². The predicted molar refractivity (Wildman–Crippen MR) is 121 cm³/mol. The standard InChI is InChI=1S/C25H27F3N4O2/c1-32(15-20-14-22(31-30-20)25(26,27)28)24(34)18-9-7-16(8-10-18)13-19-11-12-21(29-19)23(33)17-5-3-2-4-6-17/h2-10,14,19,21,23,29,33H,11-13,15H2,1H3,(H,30,31)/t19-,21+,23?/m0/s1. The molecule has 0 saturated carbocycles. The lowest BCUT2D eigenvalue weighted by Crippen LogP contribution is -2.35. The lowest BCUT2D eigenvalue weighted by atomic mass is 10.0. The first-order valence-electron chi connectivity index (χ1n) is 11.2. The van der Waals surface area contributed by atoms with Gasteiger partial charge in [0, 0.05) is 24.7 Å². The maximum atomic E-state index is 12.7. The lowest BCUT2D eigenvalue weighted by molar-refractivity contribution is -0.141. The number of carbonyl (C=O) groups is 1. The second-order valence-corrected chi connectivity index (χ2v) is 8.74. The SMILES string of the molecule is CN(Cc1cc(C(F)(F)F)[nH]n1)C(=O)c1ccc(C[C@@H]2CC[C@H](C(O)c3ccccc3)N2)cc1. The fourth-order valence-corrected chi connectivity index (χ4v) is 4.34.